The van der Waals surface area contributed by atoms with Crippen LogP contribution in [0.4, 0.5) is 14.6 Å². The zero-order valence-electron chi connectivity index (χ0n) is 20.4. The third kappa shape index (κ3) is 5.08. The second-order valence-electron chi connectivity index (χ2n) is 8.97. The SMILES string of the molecule is Cn1nc(NS(C)(=O)=O)c2c(Cl)ccc(-n3c(C(N)Cc4cc(F)cc(F)c4)nc4cccc(Cl)c4c3=O)c21. The summed E-state index contributed by atoms with van der Waals surface area (Å²) in [6, 6.07) is 9.83. The molecule has 3 N–H and O–H groups in total. The van der Waals surface area contributed by atoms with Gasteiger partial charge in [0.25, 0.3) is 5.56 Å². The molecule has 0 aliphatic carbocycles. The molecule has 0 aliphatic rings. The van der Waals surface area contributed by atoms with Crippen molar-refractivity contribution >= 4 is 60.8 Å². The van der Waals surface area contributed by atoms with Crippen molar-refractivity contribution in [1.29, 1.82) is 0 Å². The molecule has 2 aromatic heterocycles. The van der Waals surface area contributed by atoms with E-state index in [0.29, 0.717) is 5.52 Å². The van der Waals surface area contributed by atoms with Gasteiger partial charge in [-0.2, -0.15) is 5.10 Å². The summed E-state index contributed by atoms with van der Waals surface area (Å²) in [4.78, 5) is 18.6. The topological polar surface area (TPSA) is 125 Å². The summed E-state index contributed by atoms with van der Waals surface area (Å²) in [7, 11) is -2.17. The van der Waals surface area contributed by atoms with E-state index in [2.05, 4.69) is 14.8 Å². The highest BCUT2D eigenvalue weighted by atomic mass is 35.5. The molecule has 0 aliphatic heterocycles. The van der Waals surface area contributed by atoms with Crippen molar-refractivity contribution in [3.63, 3.8) is 0 Å². The molecule has 0 saturated heterocycles. The number of nitrogens with one attached hydrogen (secondary N) is 1. The molecular formula is C25H20Cl2F2N6O3S. The van der Waals surface area contributed by atoms with E-state index in [0.717, 1.165) is 24.5 Å². The van der Waals surface area contributed by atoms with Crippen molar-refractivity contribution in [2.75, 3.05) is 11.0 Å². The van der Waals surface area contributed by atoms with Gasteiger partial charge in [-0.1, -0.05) is 29.3 Å². The number of hydrogen-bond donors (Lipinski definition) is 2. The van der Waals surface area contributed by atoms with Gasteiger partial charge < -0.3 is 5.73 Å². The maximum Gasteiger partial charge on any atom is 0.267 e. The molecule has 14 heteroatoms. The van der Waals surface area contributed by atoms with Gasteiger partial charge in [0.2, 0.25) is 10.0 Å². The van der Waals surface area contributed by atoms with E-state index in [1.807, 2.05) is 0 Å². The molecule has 5 rings (SSSR count). The molecule has 0 amide bonds. The zero-order chi connectivity index (χ0) is 28.2. The van der Waals surface area contributed by atoms with Crippen molar-refractivity contribution in [2.24, 2.45) is 12.8 Å². The highest BCUT2D eigenvalue weighted by Gasteiger charge is 2.25. The van der Waals surface area contributed by atoms with Crippen molar-refractivity contribution in [1.82, 2.24) is 19.3 Å². The number of fused-ring (bicyclic) bond motifs is 2. The lowest BCUT2D eigenvalue weighted by Crippen LogP contribution is -2.30. The lowest BCUT2D eigenvalue weighted by atomic mass is 10.0. The molecule has 9 nitrogen and oxygen atoms in total. The molecule has 0 radical (unpaired) electrons. The van der Waals surface area contributed by atoms with Gasteiger partial charge in [0.15, 0.2) is 5.82 Å². The second kappa shape index (κ2) is 9.87. The van der Waals surface area contributed by atoms with Crippen molar-refractivity contribution in [3.05, 3.63) is 92.0 Å². The van der Waals surface area contributed by atoms with Crippen LogP contribution in [0.25, 0.3) is 27.5 Å². The largest absolute Gasteiger partial charge is 0.321 e. The molecule has 0 spiro atoms. The molecule has 2 heterocycles. The van der Waals surface area contributed by atoms with Gasteiger partial charge in [-0.25, -0.2) is 22.2 Å². The summed E-state index contributed by atoms with van der Waals surface area (Å²) in [5.74, 6) is -1.51. The Morgan fingerprint density at radius 3 is 2.38 bits per heavy atom. The molecule has 3 aromatic carbocycles. The smallest absolute Gasteiger partial charge is 0.267 e. The highest BCUT2D eigenvalue weighted by Crippen LogP contribution is 2.35. The second-order valence-corrected chi connectivity index (χ2v) is 11.5. The first-order valence-electron chi connectivity index (χ1n) is 11.4. The first kappa shape index (κ1) is 27.0. The summed E-state index contributed by atoms with van der Waals surface area (Å²) < 4.78 is 56.6. The van der Waals surface area contributed by atoms with Gasteiger partial charge in [0.1, 0.15) is 17.5 Å². The molecule has 0 bridgehead atoms. The first-order valence-corrected chi connectivity index (χ1v) is 14.0. The summed E-state index contributed by atoms with van der Waals surface area (Å²) in [6.45, 7) is 0. The average Bonchev–Trinajstić information content (AvgIpc) is 3.14. The minimum absolute atomic E-state index is 0.0391. The van der Waals surface area contributed by atoms with Gasteiger partial charge in [-0.15, -0.1) is 0 Å². The van der Waals surface area contributed by atoms with Crippen molar-refractivity contribution in [3.8, 4) is 5.69 Å². The van der Waals surface area contributed by atoms with E-state index < -0.39 is 33.3 Å². The zero-order valence-corrected chi connectivity index (χ0v) is 22.7. The Balaban J connectivity index is 1.82. The summed E-state index contributed by atoms with van der Waals surface area (Å²) >= 11 is 12.8. The number of nitrogens with zero attached hydrogens (tertiary/aromatic N) is 4. The number of aromatic nitrogens is 4. The molecular weight excluding hydrogens is 573 g/mol. The fourth-order valence-electron chi connectivity index (χ4n) is 4.55. The summed E-state index contributed by atoms with van der Waals surface area (Å²) in [5, 5.41) is 4.94. The van der Waals surface area contributed by atoms with Crippen LogP contribution in [0.5, 0.6) is 0 Å². The third-order valence-corrected chi connectivity index (χ3v) is 7.22. The third-order valence-electron chi connectivity index (χ3n) is 6.02. The molecule has 0 saturated carbocycles. The molecule has 202 valence electrons. The Hall–Kier alpha value is -3.58. The standard InChI is InChI=1S/C25H20Cl2F2N6O3S/c1-34-22-19(7-6-16(27)21(22)23(32-34)33-39(2,37)38)35-24(17(30)10-12-8-13(28)11-14(29)9-12)31-18-5-3-4-15(26)20(18)25(35)36/h3-9,11,17H,10,30H2,1-2H3,(H,32,33). The monoisotopic (exact) mass is 592 g/mol. The van der Waals surface area contributed by atoms with Gasteiger partial charge in [-0.3, -0.25) is 18.8 Å². The number of benzene rings is 3. The fourth-order valence-corrected chi connectivity index (χ4v) is 5.53. The van der Waals surface area contributed by atoms with Crippen LogP contribution in [0.15, 0.2) is 53.3 Å². The lowest BCUT2D eigenvalue weighted by molar-refractivity contribution is 0.572. The number of rotatable bonds is 6. The minimum Gasteiger partial charge on any atom is -0.321 e. The van der Waals surface area contributed by atoms with Gasteiger partial charge >= 0.3 is 0 Å². The van der Waals surface area contributed by atoms with Crippen LogP contribution in [0.1, 0.15) is 17.4 Å². The summed E-state index contributed by atoms with van der Waals surface area (Å²) in [5.41, 5.74) is 7.03. The van der Waals surface area contributed by atoms with E-state index in [1.54, 1.807) is 31.3 Å². The van der Waals surface area contributed by atoms with Crippen molar-refractivity contribution in [2.45, 2.75) is 12.5 Å². The van der Waals surface area contributed by atoms with Crippen LogP contribution >= 0.6 is 23.2 Å². The highest BCUT2D eigenvalue weighted by molar-refractivity contribution is 7.92. The molecule has 1 unspecified atom stereocenters. The average molecular weight is 593 g/mol. The fraction of sp³-hybridized carbons (Fsp3) is 0.160. The van der Waals surface area contributed by atoms with E-state index in [1.165, 1.54) is 15.3 Å². The van der Waals surface area contributed by atoms with Crippen LogP contribution in [0.2, 0.25) is 10.0 Å². The van der Waals surface area contributed by atoms with E-state index in [9.17, 15) is 22.0 Å². The van der Waals surface area contributed by atoms with Gasteiger partial charge in [0, 0.05) is 13.1 Å². The van der Waals surface area contributed by atoms with Crippen molar-refractivity contribution < 1.29 is 17.2 Å². The molecule has 5 aromatic rings. The summed E-state index contributed by atoms with van der Waals surface area (Å²) in [6.07, 6.45) is 0.910. The van der Waals surface area contributed by atoms with E-state index in [-0.39, 0.29) is 55.6 Å². The van der Waals surface area contributed by atoms with Crippen LogP contribution in [-0.2, 0) is 23.5 Å². The maximum atomic E-state index is 14.0. The number of anilines is 1. The Morgan fingerprint density at radius 1 is 1.05 bits per heavy atom. The predicted molar refractivity (Wildman–Crippen MR) is 147 cm³/mol. The number of hydrogen-bond acceptors (Lipinski definition) is 6. The minimum atomic E-state index is -3.72. The van der Waals surface area contributed by atoms with E-state index >= 15 is 0 Å². The van der Waals surface area contributed by atoms with Crippen LogP contribution in [0.3, 0.4) is 0 Å². The molecule has 39 heavy (non-hydrogen) atoms. The van der Waals surface area contributed by atoms with Gasteiger partial charge in [0.05, 0.1) is 49.8 Å². The first-order chi connectivity index (χ1) is 18.3. The van der Waals surface area contributed by atoms with E-state index in [4.69, 9.17) is 28.9 Å². The van der Waals surface area contributed by atoms with Crippen LogP contribution in [0, 0.1) is 11.6 Å². The molecule has 1 atom stereocenters. The Kier molecular flexibility index (Phi) is 6.83. The quantitative estimate of drug-likeness (QED) is 0.300. The number of sulfonamides is 1. The Morgan fingerprint density at radius 2 is 1.72 bits per heavy atom. The van der Waals surface area contributed by atoms with Gasteiger partial charge in [-0.05, 0) is 48.4 Å². The number of nitrogens with two attached hydrogens (primary N) is 1. The molecule has 0 fully saturated rings. The lowest BCUT2D eigenvalue weighted by Gasteiger charge is -2.20. The predicted octanol–water partition coefficient (Wildman–Crippen LogP) is 4.47. The van der Waals surface area contributed by atoms with Crippen LogP contribution < -0.4 is 16.0 Å². The number of aryl methyl sites for hydroxylation is 1. The Bertz CT molecular complexity index is 1940. The number of halogens is 4. The van der Waals surface area contributed by atoms with Crippen LogP contribution in [-0.4, -0.2) is 34.0 Å². The maximum absolute atomic E-state index is 14.0. The normalized spacial score (nSPS) is 12.8. The Labute approximate surface area is 230 Å².